The van der Waals surface area contributed by atoms with Gasteiger partial charge in [-0.3, -0.25) is 5.32 Å². The molecule has 2 unspecified atom stereocenters. The molecule has 5 nitrogen and oxygen atoms in total. The maximum Gasteiger partial charge on any atom is 0.137 e. The molecule has 272 valence electrons. The lowest BCUT2D eigenvalue weighted by Gasteiger charge is -2.33. The van der Waals surface area contributed by atoms with Gasteiger partial charge in [0, 0.05) is 64.6 Å². The number of benzene rings is 7. The van der Waals surface area contributed by atoms with E-state index >= 15 is 0 Å². The second-order valence-electron chi connectivity index (χ2n) is 15.1. The Morgan fingerprint density at radius 2 is 1.40 bits per heavy atom. The van der Waals surface area contributed by atoms with Gasteiger partial charge < -0.3 is 14.3 Å². The number of hydrogen-bond acceptors (Lipinski definition) is 5. The number of rotatable bonds is 5. The summed E-state index contributed by atoms with van der Waals surface area (Å²) in [6.07, 6.45) is 8.51. The summed E-state index contributed by atoms with van der Waals surface area (Å²) >= 11 is 1.85. The van der Waals surface area contributed by atoms with Crippen LogP contribution in [0.15, 0.2) is 185 Å². The lowest BCUT2D eigenvalue weighted by atomic mass is 9.97. The normalized spacial score (nSPS) is 17.2. The molecule has 0 saturated carbocycles. The molecule has 0 bridgehead atoms. The van der Waals surface area contributed by atoms with Gasteiger partial charge in [0.15, 0.2) is 0 Å². The van der Waals surface area contributed by atoms with Crippen molar-refractivity contribution in [3.05, 3.63) is 187 Å². The average Bonchev–Trinajstić information content (AvgIpc) is 3.96. The molecule has 1 aliphatic heterocycles. The topological polar surface area (TPSA) is 54.5 Å². The van der Waals surface area contributed by atoms with Crippen molar-refractivity contribution in [1.29, 1.82) is 0 Å². The number of nitrogens with zero attached hydrogens (tertiary/aromatic N) is 2. The average molecular weight is 753 g/mol. The van der Waals surface area contributed by atoms with Crippen LogP contribution >= 0.6 is 11.3 Å². The summed E-state index contributed by atoms with van der Waals surface area (Å²) in [5.74, 6) is 0.914. The lowest BCUT2D eigenvalue weighted by Crippen LogP contribution is -2.49. The Kier molecular flexibility index (Phi) is 7.37. The first kappa shape index (κ1) is 32.5. The Bertz CT molecular complexity index is 3270. The van der Waals surface area contributed by atoms with Crippen LogP contribution in [0.3, 0.4) is 0 Å². The van der Waals surface area contributed by atoms with E-state index in [0.717, 1.165) is 51.9 Å². The van der Waals surface area contributed by atoms with Gasteiger partial charge in [0.05, 0.1) is 11.0 Å². The number of furan rings is 1. The van der Waals surface area contributed by atoms with Crippen LogP contribution in [0.25, 0.3) is 80.7 Å². The van der Waals surface area contributed by atoms with E-state index in [1.165, 1.54) is 64.2 Å². The van der Waals surface area contributed by atoms with E-state index in [1.54, 1.807) is 0 Å². The van der Waals surface area contributed by atoms with Crippen molar-refractivity contribution in [3.8, 4) is 16.8 Å². The van der Waals surface area contributed by atoms with E-state index in [-0.39, 0.29) is 12.3 Å². The van der Waals surface area contributed by atoms with Crippen LogP contribution in [-0.4, -0.2) is 16.6 Å². The molecule has 0 saturated heterocycles. The maximum absolute atomic E-state index is 6.68. The zero-order valence-corrected chi connectivity index (χ0v) is 31.8. The molecule has 0 amide bonds. The Morgan fingerprint density at radius 1 is 0.649 bits per heavy atom. The molecule has 1 aliphatic carbocycles. The van der Waals surface area contributed by atoms with Crippen LogP contribution in [0.2, 0.25) is 0 Å². The van der Waals surface area contributed by atoms with E-state index < -0.39 is 0 Å². The van der Waals surface area contributed by atoms with Crippen LogP contribution < -0.4 is 10.6 Å². The Balaban J connectivity index is 0.969. The molecule has 6 heteroatoms. The largest absolute Gasteiger partial charge is 0.456 e. The van der Waals surface area contributed by atoms with Crippen LogP contribution in [0.1, 0.15) is 30.1 Å². The van der Waals surface area contributed by atoms with Crippen LogP contribution in [0, 0.1) is 0 Å². The van der Waals surface area contributed by atoms with Gasteiger partial charge in [0.1, 0.15) is 29.3 Å². The maximum atomic E-state index is 6.68. The first-order valence-corrected chi connectivity index (χ1v) is 20.5. The van der Waals surface area contributed by atoms with Crippen molar-refractivity contribution in [2.75, 3.05) is 0 Å². The summed E-state index contributed by atoms with van der Waals surface area (Å²) in [7, 11) is 0. The number of aliphatic imine (C=N–C) groups is 1. The second-order valence-corrected chi connectivity index (χ2v) is 16.1. The van der Waals surface area contributed by atoms with Crippen LogP contribution in [0.4, 0.5) is 0 Å². The van der Waals surface area contributed by atoms with E-state index in [9.17, 15) is 0 Å². The van der Waals surface area contributed by atoms with E-state index in [2.05, 4.69) is 185 Å². The monoisotopic (exact) mass is 752 g/mol. The fourth-order valence-corrected chi connectivity index (χ4v) is 10.4. The van der Waals surface area contributed by atoms with Crippen molar-refractivity contribution in [3.63, 3.8) is 0 Å². The van der Waals surface area contributed by atoms with Gasteiger partial charge in [-0.2, -0.15) is 0 Å². The third-order valence-corrected chi connectivity index (χ3v) is 13.0. The molecular formula is C51H36N4OS. The van der Waals surface area contributed by atoms with E-state index in [1.807, 2.05) is 11.3 Å². The number of thiophene rings is 1. The molecule has 0 spiro atoms. The zero-order chi connectivity index (χ0) is 37.5. The van der Waals surface area contributed by atoms with Crippen LogP contribution in [0.5, 0.6) is 0 Å². The Morgan fingerprint density at radius 3 is 2.23 bits per heavy atom. The summed E-state index contributed by atoms with van der Waals surface area (Å²) in [4.78, 5) is 5.27. The number of nitrogens with one attached hydrogen (secondary N) is 2. The summed E-state index contributed by atoms with van der Waals surface area (Å²) < 4.78 is 11.5. The van der Waals surface area contributed by atoms with E-state index in [4.69, 9.17) is 9.41 Å². The zero-order valence-electron chi connectivity index (χ0n) is 30.9. The van der Waals surface area contributed by atoms with Gasteiger partial charge >= 0.3 is 0 Å². The first-order valence-electron chi connectivity index (χ1n) is 19.7. The summed E-state index contributed by atoms with van der Waals surface area (Å²) in [6, 6.07) is 54.6. The summed E-state index contributed by atoms with van der Waals surface area (Å²) in [6.45, 7) is 0. The van der Waals surface area contributed by atoms with Gasteiger partial charge in [-0.1, -0.05) is 127 Å². The minimum Gasteiger partial charge on any atom is -0.456 e. The Labute approximate surface area is 332 Å². The van der Waals surface area contributed by atoms with Gasteiger partial charge in [-0.15, -0.1) is 11.3 Å². The van der Waals surface area contributed by atoms with Gasteiger partial charge in [0.25, 0.3) is 0 Å². The minimum absolute atomic E-state index is 0.0523. The number of fused-ring (bicyclic) bond motifs is 9. The SMILES string of the molecule is C1=CCCC(C2N=C(c3ccc4c(c3)sc3c(-c5cccc6oc7cc(-n8c9ccccc9c9ccccc98)ccc7c56)cccc34)NC(c3ccccc3)N2)=C1. The second kappa shape index (κ2) is 12.9. The molecule has 57 heavy (non-hydrogen) atoms. The predicted molar refractivity (Wildman–Crippen MR) is 239 cm³/mol. The van der Waals surface area contributed by atoms with Crippen molar-refractivity contribution >= 4 is 81.1 Å². The molecule has 2 N–H and O–H groups in total. The molecule has 0 fully saturated rings. The number of aromatic nitrogens is 1. The minimum atomic E-state index is -0.0931. The highest BCUT2D eigenvalue weighted by Gasteiger charge is 2.27. The van der Waals surface area contributed by atoms with Gasteiger partial charge in [-0.05, 0) is 65.9 Å². The quantitative estimate of drug-likeness (QED) is 0.184. The standard InChI is InChI=1S/C51H36N4OS/c1-3-13-31(14-4-1)49-52-50(32-15-5-2-6-16-32)54-51(53-49)33-25-27-37-39-20-11-21-40(48(39)57-46(37)29-33)38-19-12-24-44-47(38)41-28-26-34(30-45(41)56-44)55-42-22-9-7-17-35(42)36-18-8-10-23-43(36)55/h1-5,7-15,17-30,49-50,52H,6,16H2,(H,53,54). The van der Waals surface area contributed by atoms with Gasteiger partial charge in [-0.25, -0.2) is 4.99 Å². The third kappa shape index (κ3) is 5.22. The number of allylic oxidation sites excluding steroid dienone is 3. The van der Waals surface area contributed by atoms with Gasteiger partial charge in [0.2, 0.25) is 0 Å². The predicted octanol–water partition coefficient (Wildman–Crippen LogP) is 13.0. The lowest BCUT2D eigenvalue weighted by molar-refractivity contribution is 0.425. The summed E-state index contributed by atoms with van der Waals surface area (Å²) in [5, 5.41) is 14.8. The molecule has 10 aromatic rings. The smallest absolute Gasteiger partial charge is 0.137 e. The molecule has 0 radical (unpaired) electrons. The number of para-hydroxylation sites is 2. The highest BCUT2D eigenvalue weighted by atomic mass is 32.1. The first-order chi connectivity index (χ1) is 28.2. The number of hydrogen-bond donors (Lipinski definition) is 2. The molecule has 12 rings (SSSR count). The molecule has 4 heterocycles. The fourth-order valence-electron chi connectivity index (χ4n) is 9.10. The third-order valence-electron chi connectivity index (χ3n) is 11.8. The van der Waals surface area contributed by atoms with Crippen molar-refractivity contribution < 1.29 is 4.42 Å². The fraction of sp³-hybridized carbons (Fsp3) is 0.0784. The molecule has 2 atom stereocenters. The molecule has 2 aliphatic rings. The highest BCUT2D eigenvalue weighted by molar-refractivity contribution is 7.26. The number of amidine groups is 1. The van der Waals surface area contributed by atoms with Crippen molar-refractivity contribution in [2.45, 2.75) is 25.2 Å². The van der Waals surface area contributed by atoms with Crippen molar-refractivity contribution in [1.82, 2.24) is 15.2 Å². The molecule has 3 aromatic heterocycles. The van der Waals surface area contributed by atoms with Crippen molar-refractivity contribution in [2.24, 2.45) is 4.99 Å². The molecular weight excluding hydrogens is 717 g/mol. The van der Waals surface area contributed by atoms with Crippen LogP contribution in [-0.2, 0) is 0 Å². The van der Waals surface area contributed by atoms with E-state index in [0.29, 0.717) is 0 Å². The highest BCUT2D eigenvalue weighted by Crippen LogP contribution is 2.45. The summed E-state index contributed by atoms with van der Waals surface area (Å²) in [5.41, 5.74) is 11.2. The Hall–Kier alpha value is -6.73. The molecule has 7 aromatic carbocycles.